The van der Waals surface area contributed by atoms with E-state index in [4.69, 9.17) is 4.99 Å². The molecule has 1 saturated heterocycles. The molecule has 0 aliphatic carbocycles. The second kappa shape index (κ2) is 14.6. The monoisotopic (exact) mass is 664 g/mol. The van der Waals surface area contributed by atoms with Gasteiger partial charge in [-0.1, -0.05) is 61.5 Å². The first-order chi connectivity index (χ1) is 22.4. The van der Waals surface area contributed by atoms with Crippen molar-refractivity contribution in [2.45, 2.75) is 72.6 Å². The van der Waals surface area contributed by atoms with Gasteiger partial charge in [-0.15, -0.1) is 18.3 Å². The van der Waals surface area contributed by atoms with Crippen LogP contribution < -0.4 is 15.0 Å². The van der Waals surface area contributed by atoms with Crippen LogP contribution >= 0.6 is 11.8 Å². The molecule has 5 rings (SSSR count). The van der Waals surface area contributed by atoms with Gasteiger partial charge in [0.25, 0.3) is 0 Å². The van der Waals surface area contributed by atoms with Gasteiger partial charge in [0, 0.05) is 28.7 Å². The fourth-order valence-electron chi connectivity index (χ4n) is 5.37. The summed E-state index contributed by atoms with van der Waals surface area (Å²) >= 11 is 1.66. The Kier molecular flexibility index (Phi) is 10.6. The zero-order valence-corrected chi connectivity index (χ0v) is 27.9. The van der Waals surface area contributed by atoms with E-state index in [0.717, 1.165) is 58.3 Å². The molecule has 248 valence electrons. The number of benzene rings is 3. The number of thioether (sulfide) groups is 1. The third-order valence-corrected chi connectivity index (χ3v) is 8.98. The molecule has 1 aromatic heterocycles. The van der Waals surface area contributed by atoms with Crippen molar-refractivity contribution in [3.8, 4) is 22.8 Å². The molecule has 3 aromatic carbocycles. The van der Waals surface area contributed by atoms with E-state index in [1.54, 1.807) is 11.8 Å². The minimum Gasteiger partial charge on any atom is -0.406 e. The van der Waals surface area contributed by atoms with Crippen molar-refractivity contribution >= 4 is 28.2 Å². The standard InChI is InChI=1S/C35H39F3N6O2S/c1-6-7-27-9-8-22(2)20-31(27)44-23(3)18-19-47-34(44)41-33(45)40-25(5)24(4)26-10-12-28(13-11-26)32-39-21-43(42-32)29-14-16-30(17-15-29)46-35(36,37)38/h8-17,20-21,23,33,40,45H,6-7,18-19H2,1-5H3/b25-24+,41-34?. The first-order valence-electron chi connectivity index (χ1n) is 15.5. The van der Waals surface area contributed by atoms with E-state index in [9.17, 15) is 18.3 Å². The van der Waals surface area contributed by atoms with Crippen LogP contribution in [0.3, 0.4) is 0 Å². The fourth-order valence-corrected chi connectivity index (χ4v) is 6.60. The number of allylic oxidation sites excluding steroid dienone is 2. The SMILES string of the molecule is CCCc1ccc(C)cc1N1C(=NC(O)N/C(C)=C(\C)c2ccc(-c3ncn(-c4ccc(OC(F)(F)F)cc4)n3)cc2)SCCC1C. The summed E-state index contributed by atoms with van der Waals surface area (Å²) in [5.41, 5.74) is 7.64. The van der Waals surface area contributed by atoms with Gasteiger partial charge < -0.3 is 20.1 Å². The summed E-state index contributed by atoms with van der Waals surface area (Å²) in [6.07, 6.45) is -1.31. The van der Waals surface area contributed by atoms with Crippen molar-refractivity contribution in [3.05, 3.63) is 95.4 Å². The number of nitrogens with zero attached hydrogens (tertiary/aromatic N) is 5. The molecule has 1 aliphatic rings. The molecule has 0 saturated carbocycles. The van der Waals surface area contributed by atoms with Crippen LogP contribution in [0.15, 0.2) is 83.7 Å². The molecule has 4 aromatic rings. The number of aliphatic hydroxyl groups is 1. The molecule has 0 radical (unpaired) electrons. The Morgan fingerprint density at radius 3 is 2.51 bits per heavy atom. The highest BCUT2D eigenvalue weighted by Gasteiger charge is 2.31. The highest BCUT2D eigenvalue weighted by molar-refractivity contribution is 8.14. The maximum Gasteiger partial charge on any atom is 0.573 e. The number of aryl methyl sites for hydroxylation is 2. The Labute approximate surface area is 277 Å². The topological polar surface area (TPSA) is 87.8 Å². The molecule has 47 heavy (non-hydrogen) atoms. The van der Waals surface area contributed by atoms with Crippen LogP contribution in [-0.2, 0) is 6.42 Å². The van der Waals surface area contributed by atoms with E-state index in [1.165, 1.54) is 46.4 Å². The average molecular weight is 665 g/mol. The summed E-state index contributed by atoms with van der Waals surface area (Å²) in [6, 6.07) is 19.9. The largest absolute Gasteiger partial charge is 0.573 e. The number of aromatic nitrogens is 3. The lowest BCUT2D eigenvalue weighted by atomic mass is 10.0. The number of amidine groups is 1. The van der Waals surface area contributed by atoms with Crippen LogP contribution in [0, 0.1) is 6.92 Å². The van der Waals surface area contributed by atoms with Crippen molar-refractivity contribution in [2.24, 2.45) is 4.99 Å². The van der Waals surface area contributed by atoms with Gasteiger partial charge in [0.1, 0.15) is 12.1 Å². The molecular formula is C35H39F3N6O2S. The number of hydrogen-bond donors (Lipinski definition) is 2. The molecule has 2 atom stereocenters. The number of anilines is 1. The lowest BCUT2D eigenvalue weighted by molar-refractivity contribution is -0.274. The molecule has 2 heterocycles. The highest BCUT2D eigenvalue weighted by Crippen LogP contribution is 2.33. The van der Waals surface area contributed by atoms with Gasteiger partial charge in [0.15, 0.2) is 11.0 Å². The molecule has 0 amide bonds. The fraction of sp³-hybridized carbons (Fsp3) is 0.343. The average Bonchev–Trinajstić information content (AvgIpc) is 3.52. The van der Waals surface area contributed by atoms with Gasteiger partial charge in [-0.25, -0.2) is 14.7 Å². The second-order valence-electron chi connectivity index (χ2n) is 11.5. The van der Waals surface area contributed by atoms with E-state index in [1.807, 2.05) is 38.1 Å². The minimum absolute atomic E-state index is 0.260. The Morgan fingerprint density at radius 1 is 1.11 bits per heavy atom. The van der Waals surface area contributed by atoms with Crippen molar-refractivity contribution in [3.63, 3.8) is 0 Å². The Balaban J connectivity index is 1.28. The number of nitrogens with one attached hydrogen (secondary N) is 1. The molecular weight excluding hydrogens is 625 g/mol. The number of hydrogen-bond acceptors (Lipinski definition) is 7. The maximum absolute atomic E-state index is 12.5. The zero-order chi connectivity index (χ0) is 33.7. The van der Waals surface area contributed by atoms with Crippen molar-refractivity contribution in [1.29, 1.82) is 0 Å². The molecule has 2 N–H and O–H groups in total. The molecule has 1 fully saturated rings. The molecule has 2 unspecified atom stereocenters. The number of halogens is 3. The lowest BCUT2D eigenvalue weighted by Crippen LogP contribution is -2.43. The number of aliphatic hydroxyl groups excluding tert-OH is 1. The van der Waals surface area contributed by atoms with Crippen molar-refractivity contribution < 1.29 is 23.0 Å². The van der Waals surface area contributed by atoms with E-state index in [2.05, 4.69) is 64.0 Å². The van der Waals surface area contributed by atoms with E-state index in [-0.39, 0.29) is 11.8 Å². The predicted molar refractivity (Wildman–Crippen MR) is 183 cm³/mol. The molecule has 0 spiro atoms. The Bertz CT molecular complexity index is 1740. The van der Waals surface area contributed by atoms with Gasteiger partial charge in [0.05, 0.1) is 5.69 Å². The van der Waals surface area contributed by atoms with Gasteiger partial charge in [0.2, 0.25) is 6.35 Å². The van der Waals surface area contributed by atoms with Crippen LogP contribution in [0.5, 0.6) is 5.75 Å². The van der Waals surface area contributed by atoms with Crippen LogP contribution in [0.2, 0.25) is 0 Å². The summed E-state index contributed by atoms with van der Waals surface area (Å²) in [7, 11) is 0. The van der Waals surface area contributed by atoms with Gasteiger partial charge in [-0.3, -0.25) is 0 Å². The van der Waals surface area contributed by atoms with Gasteiger partial charge >= 0.3 is 6.36 Å². The van der Waals surface area contributed by atoms with Crippen LogP contribution in [-0.4, -0.2) is 49.5 Å². The molecule has 8 nitrogen and oxygen atoms in total. The highest BCUT2D eigenvalue weighted by atomic mass is 32.2. The van der Waals surface area contributed by atoms with Crippen LogP contribution in [0.25, 0.3) is 22.6 Å². The third kappa shape index (κ3) is 8.55. The quantitative estimate of drug-likeness (QED) is 0.166. The van der Waals surface area contributed by atoms with Crippen molar-refractivity contribution in [1.82, 2.24) is 20.1 Å². The molecule has 1 aliphatic heterocycles. The molecule has 12 heteroatoms. The number of rotatable bonds is 10. The maximum atomic E-state index is 12.5. The van der Waals surface area contributed by atoms with Crippen LogP contribution in [0.4, 0.5) is 18.9 Å². The summed E-state index contributed by atoms with van der Waals surface area (Å²) in [4.78, 5) is 11.4. The lowest BCUT2D eigenvalue weighted by Gasteiger charge is -2.37. The Morgan fingerprint density at radius 2 is 1.83 bits per heavy atom. The normalized spacial score (nSPS) is 17.4. The number of ether oxygens (including phenoxy) is 1. The smallest absolute Gasteiger partial charge is 0.406 e. The first kappa shape index (κ1) is 34.1. The number of aliphatic imine (C=N–C) groups is 1. The summed E-state index contributed by atoms with van der Waals surface area (Å²) in [6.45, 7) is 10.4. The summed E-state index contributed by atoms with van der Waals surface area (Å²) in [5, 5.41) is 19.5. The van der Waals surface area contributed by atoms with Gasteiger partial charge in [-0.05, 0) is 93.1 Å². The molecule has 0 bridgehead atoms. The predicted octanol–water partition coefficient (Wildman–Crippen LogP) is 8.10. The zero-order valence-electron chi connectivity index (χ0n) is 27.0. The van der Waals surface area contributed by atoms with Crippen molar-refractivity contribution in [2.75, 3.05) is 10.7 Å². The van der Waals surface area contributed by atoms with Crippen LogP contribution in [0.1, 0.15) is 57.2 Å². The summed E-state index contributed by atoms with van der Waals surface area (Å²) in [5.74, 6) is 1.10. The third-order valence-electron chi connectivity index (χ3n) is 7.98. The summed E-state index contributed by atoms with van der Waals surface area (Å²) < 4.78 is 42.8. The van der Waals surface area contributed by atoms with E-state index >= 15 is 0 Å². The second-order valence-corrected chi connectivity index (χ2v) is 12.6. The first-order valence-corrected chi connectivity index (χ1v) is 16.5. The van der Waals surface area contributed by atoms with Gasteiger partial charge in [-0.2, -0.15) is 0 Å². The minimum atomic E-state index is -4.75. The number of alkyl halides is 3. The Hall–Kier alpha value is -4.29. The van der Waals surface area contributed by atoms with E-state index in [0.29, 0.717) is 11.5 Å². The van der Waals surface area contributed by atoms with E-state index < -0.39 is 12.7 Å².